The van der Waals surface area contributed by atoms with Crippen molar-refractivity contribution in [2.24, 2.45) is 11.3 Å². The number of hydrogen-bond acceptors (Lipinski definition) is 0. The summed E-state index contributed by atoms with van der Waals surface area (Å²) < 4.78 is 0.136. The van der Waals surface area contributed by atoms with Crippen LogP contribution in [0.5, 0.6) is 0 Å². The quantitative estimate of drug-likeness (QED) is 0.690. The topological polar surface area (TPSA) is 0 Å². The summed E-state index contributed by atoms with van der Waals surface area (Å²) in [6, 6.07) is 8.79. The van der Waals surface area contributed by atoms with Gasteiger partial charge in [0.05, 0.1) is 3.23 Å². The average Bonchev–Trinajstić information content (AvgIpc) is 2.48. The number of aryl methyl sites for hydroxylation is 1. The SMILES string of the molecule is Cc1cccc(CC2C(C)(C)C2(Br)Br)c1. The molecule has 15 heavy (non-hydrogen) atoms. The van der Waals surface area contributed by atoms with Gasteiger partial charge in [-0.2, -0.15) is 0 Å². The van der Waals surface area contributed by atoms with Gasteiger partial charge in [0.1, 0.15) is 0 Å². The molecule has 0 saturated heterocycles. The first-order valence-corrected chi connectivity index (χ1v) is 6.87. The second-order valence-electron chi connectivity index (χ2n) is 5.09. The molecule has 2 rings (SSSR count). The van der Waals surface area contributed by atoms with E-state index >= 15 is 0 Å². The average molecular weight is 332 g/mol. The van der Waals surface area contributed by atoms with Crippen molar-refractivity contribution in [2.75, 3.05) is 0 Å². The van der Waals surface area contributed by atoms with Crippen molar-refractivity contribution in [3.63, 3.8) is 0 Å². The molecule has 0 nitrogen and oxygen atoms in total. The Labute approximate surface area is 109 Å². The summed E-state index contributed by atoms with van der Waals surface area (Å²) in [4.78, 5) is 0. The maximum absolute atomic E-state index is 3.77. The van der Waals surface area contributed by atoms with Gasteiger partial charge in [0.2, 0.25) is 0 Å². The molecule has 0 spiro atoms. The lowest BCUT2D eigenvalue weighted by Crippen LogP contribution is -1.95. The maximum atomic E-state index is 3.77. The Morgan fingerprint density at radius 1 is 1.27 bits per heavy atom. The fourth-order valence-electron chi connectivity index (χ4n) is 2.22. The molecule has 0 N–H and O–H groups in total. The van der Waals surface area contributed by atoms with Gasteiger partial charge in [-0.3, -0.25) is 0 Å². The molecule has 1 aromatic carbocycles. The molecule has 0 bridgehead atoms. The highest BCUT2D eigenvalue weighted by atomic mass is 79.9. The van der Waals surface area contributed by atoms with Gasteiger partial charge in [-0.05, 0) is 30.2 Å². The third-order valence-corrected chi connectivity index (χ3v) is 6.76. The highest BCUT2D eigenvalue weighted by Crippen LogP contribution is 2.71. The molecular formula is C13H16Br2. The zero-order chi connectivity index (χ0) is 11.3. The molecule has 1 fully saturated rings. The van der Waals surface area contributed by atoms with Crippen LogP contribution in [0.2, 0.25) is 0 Å². The summed E-state index contributed by atoms with van der Waals surface area (Å²) >= 11 is 7.53. The standard InChI is InChI=1S/C13H16Br2/c1-9-5-4-6-10(7-9)8-11-12(2,3)13(11,14)15/h4-7,11H,8H2,1-3H3. The lowest BCUT2D eigenvalue weighted by molar-refractivity contribution is 0.557. The number of hydrogen-bond donors (Lipinski definition) is 0. The molecule has 0 heterocycles. The van der Waals surface area contributed by atoms with Crippen LogP contribution >= 0.6 is 31.9 Å². The molecule has 2 heteroatoms. The summed E-state index contributed by atoms with van der Waals surface area (Å²) in [5.41, 5.74) is 3.13. The third-order valence-electron chi connectivity index (χ3n) is 3.61. The minimum absolute atomic E-state index is 0.136. The molecule has 1 unspecified atom stereocenters. The highest BCUT2D eigenvalue weighted by molar-refractivity contribution is 9.25. The number of benzene rings is 1. The first-order valence-electron chi connectivity index (χ1n) is 5.29. The van der Waals surface area contributed by atoms with E-state index in [0.29, 0.717) is 11.3 Å². The summed E-state index contributed by atoms with van der Waals surface area (Å²) in [6.45, 7) is 6.75. The largest absolute Gasteiger partial charge is 0.0896 e. The van der Waals surface area contributed by atoms with E-state index < -0.39 is 0 Å². The van der Waals surface area contributed by atoms with Gasteiger partial charge < -0.3 is 0 Å². The molecule has 1 aliphatic carbocycles. The number of halogens is 2. The Bertz CT molecular complexity index is 366. The van der Waals surface area contributed by atoms with E-state index in [2.05, 4.69) is 76.9 Å². The van der Waals surface area contributed by atoms with Crippen molar-refractivity contribution in [2.45, 2.75) is 30.4 Å². The van der Waals surface area contributed by atoms with Crippen molar-refractivity contribution in [3.05, 3.63) is 35.4 Å². The molecule has 0 aliphatic heterocycles. The summed E-state index contributed by atoms with van der Waals surface area (Å²) in [6.07, 6.45) is 1.14. The van der Waals surface area contributed by atoms with E-state index in [4.69, 9.17) is 0 Å². The Kier molecular flexibility index (Phi) is 2.79. The smallest absolute Gasteiger partial charge is 0.0718 e. The van der Waals surface area contributed by atoms with E-state index in [9.17, 15) is 0 Å². The fourth-order valence-corrected chi connectivity index (χ4v) is 4.01. The van der Waals surface area contributed by atoms with E-state index in [1.807, 2.05) is 0 Å². The van der Waals surface area contributed by atoms with Crippen LogP contribution in [0.1, 0.15) is 25.0 Å². The fraction of sp³-hybridized carbons (Fsp3) is 0.538. The molecule has 82 valence electrons. The molecule has 1 saturated carbocycles. The van der Waals surface area contributed by atoms with E-state index in [0.717, 1.165) is 6.42 Å². The van der Waals surface area contributed by atoms with Crippen molar-refractivity contribution in [1.29, 1.82) is 0 Å². The van der Waals surface area contributed by atoms with E-state index in [1.54, 1.807) is 0 Å². The summed E-state index contributed by atoms with van der Waals surface area (Å²) in [7, 11) is 0. The molecule has 0 aromatic heterocycles. The monoisotopic (exact) mass is 330 g/mol. The van der Waals surface area contributed by atoms with Gasteiger partial charge in [0.25, 0.3) is 0 Å². The van der Waals surface area contributed by atoms with Gasteiger partial charge in [-0.15, -0.1) is 0 Å². The molecule has 1 atom stereocenters. The molecule has 1 aromatic rings. The second kappa shape index (κ2) is 3.59. The molecular weight excluding hydrogens is 316 g/mol. The van der Waals surface area contributed by atoms with Crippen LogP contribution < -0.4 is 0 Å². The minimum atomic E-state index is 0.136. The van der Waals surface area contributed by atoms with Crippen molar-refractivity contribution >= 4 is 31.9 Å². The zero-order valence-electron chi connectivity index (χ0n) is 9.35. The minimum Gasteiger partial charge on any atom is -0.0718 e. The summed E-state index contributed by atoms with van der Waals surface area (Å²) in [5.74, 6) is 0.673. The van der Waals surface area contributed by atoms with Crippen LogP contribution in [-0.4, -0.2) is 3.23 Å². The molecule has 1 aliphatic rings. The number of rotatable bonds is 2. The predicted molar refractivity (Wildman–Crippen MR) is 72.7 cm³/mol. The summed E-state index contributed by atoms with van der Waals surface area (Å²) in [5, 5.41) is 0. The lowest BCUT2D eigenvalue weighted by atomic mass is 10.0. The Hall–Kier alpha value is 0.180. The third kappa shape index (κ3) is 1.91. The van der Waals surface area contributed by atoms with Gasteiger partial charge >= 0.3 is 0 Å². The van der Waals surface area contributed by atoms with Crippen LogP contribution in [0.15, 0.2) is 24.3 Å². The van der Waals surface area contributed by atoms with Crippen molar-refractivity contribution in [3.8, 4) is 0 Å². The predicted octanol–water partition coefficient (Wildman–Crippen LogP) is 4.68. The van der Waals surface area contributed by atoms with Crippen LogP contribution in [0, 0.1) is 18.3 Å². The first kappa shape index (κ1) is 11.7. The van der Waals surface area contributed by atoms with Crippen LogP contribution in [-0.2, 0) is 6.42 Å². The highest BCUT2D eigenvalue weighted by Gasteiger charge is 2.68. The van der Waals surface area contributed by atoms with E-state index in [-0.39, 0.29) is 3.23 Å². The van der Waals surface area contributed by atoms with Gasteiger partial charge in [-0.25, -0.2) is 0 Å². The van der Waals surface area contributed by atoms with Gasteiger partial charge in [-0.1, -0.05) is 75.5 Å². The van der Waals surface area contributed by atoms with Crippen LogP contribution in [0.3, 0.4) is 0 Å². The van der Waals surface area contributed by atoms with Crippen LogP contribution in [0.4, 0.5) is 0 Å². The maximum Gasteiger partial charge on any atom is 0.0896 e. The van der Waals surface area contributed by atoms with Crippen molar-refractivity contribution < 1.29 is 0 Å². The van der Waals surface area contributed by atoms with Crippen LogP contribution in [0.25, 0.3) is 0 Å². The first-order chi connectivity index (χ1) is 6.85. The van der Waals surface area contributed by atoms with Gasteiger partial charge in [0.15, 0.2) is 0 Å². The Balaban J connectivity index is 2.12. The lowest BCUT2D eigenvalue weighted by Gasteiger charge is -2.03. The Morgan fingerprint density at radius 3 is 2.33 bits per heavy atom. The van der Waals surface area contributed by atoms with Crippen molar-refractivity contribution in [1.82, 2.24) is 0 Å². The normalized spacial score (nSPS) is 26.3. The Morgan fingerprint density at radius 2 is 1.87 bits per heavy atom. The second-order valence-corrected chi connectivity index (χ2v) is 8.66. The molecule has 0 radical (unpaired) electrons. The van der Waals surface area contributed by atoms with E-state index in [1.165, 1.54) is 11.1 Å². The van der Waals surface area contributed by atoms with Gasteiger partial charge in [0, 0.05) is 0 Å². The zero-order valence-corrected chi connectivity index (χ0v) is 12.5. The molecule has 0 amide bonds. The number of alkyl halides is 2.